The van der Waals surface area contributed by atoms with E-state index in [4.69, 9.17) is 5.21 Å². The third kappa shape index (κ3) is 2.10. The van der Waals surface area contributed by atoms with Crippen LogP contribution in [0.4, 0.5) is 0 Å². The Kier molecular flexibility index (Phi) is 3.06. The Morgan fingerprint density at radius 2 is 2.10 bits per heavy atom. The van der Waals surface area contributed by atoms with Crippen LogP contribution < -0.4 is 5.48 Å². The topological polar surface area (TPSA) is 67.2 Å². The first-order valence-corrected chi connectivity index (χ1v) is 6.61. The van der Waals surface area contributed by atoms with Crippen molar-refractivity contribution in [3.05, 3.63) is 53.3 Å². The molecule has 1 amide bonds. The van der Waals surface area contributed by atoms with Gasteiger partial charge >= 0.3 is 0 Å². The van der Waals surface area contributed by atoms with Gasteiger partial charge < -0.3 is 0 Å². The Hall–Kier alpha value is -2.14. The summed E-state index contributed by atoms with van der Waals surface area (Å²) in [4.78, 5) is 11.8. The number of aryl methyl sites for hydroxylation is 2. The molecule has 1 heterocycles. The van der Waals surface area contributed by atoms with Crippen molar-refractivity contribution in [2.24, 2.45) is 13.0 Å². The van der Waals surface area contributed by atoms with Gasteiger partial charge in [-0.25, -0.2) is 5.48 Å². The first kappa shape index (κ1) is 12.9. The standard InChI is InChI=1S/C15H17N3O2/c1-9-4-3-5-10(6-9)12-13(14(12)15(19)17-20)11-7-16-18(2)8-11/h3-8,12-14,20H,1-2H3,(H,17,19)/t12?,13-,14?/m1/s1. The highest BCUT2D eigenvalue weighted by Gasteiger charge is 2.56. The van der Waals surface area contributed by atoms with Crippen molar-refractivity contribution in [1.29, 1.82) is 0 Å². The number of benzene rings is 1. The molecule has 0 spiro atoms. The first-order chi connectivity index (χ1) is 9.61. The molecule has 0 saturated heterocycles. The number of carbonyl (C=O) groups is 1. The van der Waals surface area contributed by atoms with Crippen LogP contribution in [-0.2, 0) is 11.8 Å². The molecule has 3 atom stereocenters. The monoisotopic (exact) mass is 271 g/mol. The zero-order valence-electron chi connectivity index (χ0n) is 11.4. The molecule has 0 bridgehead atoms. The highest BCUT2D eigenvalue weighted by Crippen LogP contribution is 2.60. The second kappa shape index (κ2) is 4.76. The van der Waals surface area contributed by atoms with E-state index in [0.717, 1.165) is 11.1 Å². The maximum atomic E-state index is 11.8. The van der Waals surface area contributed by atoms with Crippen molar-refractivity contribution in [1.82, 2.24) is 15.3 Å². The maximum absolute atomic E-state index is 11.8. The maximum Gasteiger partial charge on any atom is 0.247 e. The normalized spacial score (nSPS) is 24.4. The van der Waals surface area contributed by atoms with E-state index in [0.29, 0.717) is 0 Å². The minimum Gasteiger partial charge on any atom is -0.289 e. The largest absolute Gasteiger partial charge is 0.289 e. The molecule has 2 N–H and O–H groups in total. The van der Waals surface area contributed by atoms with Gasteiger partial charge in [0, 0.05) is 25.1 Å². The quantitative estimate of drug-likeness (QED) is 0.660. The Morgan fingerprint density at radius 1 is 1.35 bits per heavy atom. The minimum atomic E-state index is -0.328. The lowest BCUT2D eigenvalue weighted by Gasteiger charge is -2.01. The summed E-state index contributed by atoms with van der Waals surface area (Å²) in [7, 11) is 1.86. The molecule has 1 aliphatic carbocycles. The summed E-state index contributed by atoms with van der Waals surface area (Å²) < 4.78 is 1.73. The van der Waals surface area contributed by atoms with Gasteiger partial charge in [0.1, 0.15) is 0 Å². The number of hydroxylamine groups is 1. The fraction of sp³-hybridized carbons (Fsp3) is 0.333. The third-order valence-electron chi connectivity index (χ3n) is 3.97. The second-order valence-corrected chi connectivity index (χ2v) is 5.41. The van der Waals surface area contributed by atoms with Crippen LogP contribution in [0, 0.1) is 12.8 Å². The zero-order valence-corrected chi connectivity index (χ0v) is 11.4. The smallest absolute Gasteiger partial charge is 0.247 e. The fourth-order valence-electron chi connectivity index (χ4n) is 3.03. The molecule has 1 aromatic carbocycles. The van der Waals surface area contributed by atoms with E-state index in [9.17, 15) is 4.79 Å². The Balaban J connectivity index is 1.94. The van der Waals surface area contributed by atoms with Gasteiger partial charge in [-0.1, -0.05) is 29.8 Å². The molecule has 1 aromatic heterocycles. The summed E-state index contributed by atoms with van der Waals surface area (Å²) in [6.45, 7) is 2.03. The number of rotatable bonds is 3. The average molecular weight is 271 g/mol. The van der Waals surface area contributed by atoms with Gasteiger partial charge in [-0.2, -0.15) is 5.10 Å². The summed E-state index contributed by atoms with van der Waals surface area (Å²) in [5.74, 6) is -0.375. The number of aromatic nitrogens is 2. The third-order valence-corrected chi connectivity index (χ3v) is 3.97. The summed E-state index contributed by atoms with van der Waals surface area (Å²) in [5, 5.41) is 13.1. The molecular weight excluding hydrogens is 254 g/mol. The van der Waals surface area contributed by atoms with Gasteiger partial charge in [0.05, 0.1) is 12.1 Å². The van der Waals surface area contributed by atoms with Crippen molar-refractivity contribution in [2.45, 2.75) is 18.8 Å². The molecule has 5 heteroatoms. The number of hydrogen-bond donors (Lipinski definition) is 2. The van der Waals surface area contributed by atoms with E-state index < -0.39 is 0 Å². The molecule has 1 saturated carbocycles. The van der Waals surface area contributed by atoms with E-state index in [1.54, 1.807) is 16.4 Å². The van der Waals surface area contributed by atoms with Crippen molar-refractivity contribution in [2.75, 3.05) is 0 Å². The van der Waals surface area contributed by atoms with Crippen molar-refractivity contribution in [3.63, 3.8) is 0 Å². The number of hydrogen-bond acceptors (Lipinski definition) is 3. The van der Waals surface area contributed by atoms with Crippen LogP contribution in [0.3, 0.4) is 0 Å². The molecule has 0 radical (unpaired) electrons. The van der Waals surface area contributed by atoms with Crippen LogP contribution in [0.2, 0.25) is 0 Å². The Morgan fingerprint density at radius 3 is 2.70 bits per heavy atom. The van der Waals surface area contributed by atoms with Crippen molar-refractivity contribution in [3.8, 4) is 0 Å². The summed E-state index contributed by atoms with van der Waals surface area (Å²) in [6.07, 6.45) is 3.72. The van der Waals surface area contributed by atoms with Gasteiger partial charge in [0.15, 0.2) is 0 Å². The zero-order chi connectivity index (χ0) is 14.3. The first-order valence-electron chi connectivity index (χ1n) is 6.61. The predicted molar refractivity (Wildman–Crippen MR) is 73.3 cm³/mol. The van der Waals surface area contributed by atoms with Gasteiger partial charge in [-0.05, 0) is 18.1 Å². The van der Waals surface area contributed by atoms with Crippen molar-refractivity contribution < 1.29 is 10.0 Å². The van der Waals surface area contributed by atoms with Crippen LogP contribution in [0.1, 0.15) is 28.5 Å². The number of nitrogens with one attached hydrogen (secondary N) is 1. The van der Waals surface area contributed by atoms with Crippen LogP contribution in [0.25, 0.3) is 0 Å². The highest BCUT2D eigenvalue weighted by atomic mass is 16.5. The summed E-state index contributed by atoms with van der Waals surface area (Å²) in [6, 6.07) is 8.16. The SMILES string of the molecule is Cc1cccc(C2C(C(=O)NO)[C@@H]2c2cnn(C)c2)c1. The molecule has 104 valence electrons. The van der Waals surface area contributed by atoms with Gasteiger partial charge in [0.25, 0.3) is 0 Å². The molecular formula is C15H17N3O2. The lowest BCUT2D eigenvalue weighted by atomic mass is 10.0. The van der Waals surface area contributed by atoms with E-state index in [1.807, 2.05) is 38.4 Å². The molecule has 1 aliphatic rings. The van der Waals surface area contributed by atoms with Gasteiger partial charge in [-0.15, -0.1) is 0 Å². The second-order valence-electron chi connectivity index (χ2n) is 5.41. The Labute approximate surface area is 117 Å². The number of carbonyl (C=O) groups excluding carboxylic acids is 1. The average Bonchev–Trinajstić information content (AvgIpc) is 3.05. The molecule has 20 heavy (non-hydrogen) atoms. The summed E-state index contributed by atoms with van der Waals surface area (Å²) >= 11 is 0. The molecule has 5 nitrogen and oxygen atoms in total. The van der Waals surface area contributed by atoms with Gasteiger partial charge in [-0.3, -0.25) is 14.7 Å². The predicted octanol–water partition coefficient (Wildman–Crippen LogP) is 1.73. The highest BCUT2D eigenvalue weighted by molar-refractivity contribution is 5.84. The minimum absolute atomic E-state index is 0.0812. The lowest BCUT2D eigenvalue weighted by molar-refractivity contribution is -0.130. The molecule has 2 aromatic rings. The van der Waals surface area contributed by atoms with Crippen molar-refractivity contribution >= 4 is 5.91 Å². The molecule has 1 fully saturated rings. The Bertz CT molecular complexity index is 650. The number of nitrogens with zero attached hydrogens (tertiary/aromatic N) is 2. The van der Waals surface area contributed by atoms with E-state index in [-0.39, 0.29) is 23.7 Å². The lowest BCUT2D eigenvalue weighted by Crippen LogP contribution is -2.21. The van der Waals surface area contributed by atoms with Crippen LogP contribution >= 0.6 is 0 Å². The molecule has 2 unspecified atom stereocenters. The van der Waals surface area contributed by atoms with Crippen LogP contribution in [0.5, 0.6) is 0 Å². The van der Waals surface area contributed by atoms with E-state index >= 15 is 0 Å². The summed E-state index contributed by atoms with van der Waals surface area (Å²) in [5.41, 5.74) is 5.12. The van der Waals surface area contributed by atoms with Gasteiger partial charge in [0.2, 0.25) is 5.91 Å². The fourth-order valence-corrected chi connectivity index (χ4v) is 3.03. The van der Waals surface area contributed by atoms with E-state index in [2.05, 4.69) is 11.2 Å². The molecule has 0 aliphatic heterocycles. The van der Waals surface area contributed by atoms with Crippen LogP contribution in [0.15, 0.2) is 36.7 Å². The van der Waals surface area contributed by atoms with E-state index in [1.165, 1.54) is 5.56 Å². The molecule has 3 rings (SSSR count). The van der Waals surface area contributed by atoms with Crippen LogP contribution in [-0.4, -0.2) is 20.9 Å². The number of amides is 1.